The van der Waals surface area contributed by atoms with Gasteiger partial charge in [0.25, 0.3) is 0 Å². The molecule has 34 heavy (non-hydrogen) atoms. The normalized spacial score (nSPS) is 28.1. The molecule has 5 atom stereocenters. The zero-order chi connectivity index (χ0) is 25.1. The molecule has 2 aromatic rings. The maximum atomic E-state index is 13.0. The van der Waals surface area contributed by atoms with E-state index >= 15 is 0 Å². The van der Waals surface area contributed by atoms with Gasteiger partial charge >= 0.3 is 5.97 Å². The number of ether oxygens (including phenoxy) is 5. The third-order valence-corrected chi connectivity index (χ3v) is 8.76. The minimum atomic E-state index is -3.08. The van der Waals surface area contributed by atoms with Crippen molar-refractivity contribution < 1.29 is 33.0 Å². The van der Waals surface area contributed by atoms with Gasteiger partial charge in [0, 0.05) is 0 Å². The van der Waals surface area contributed by atoms with Crippen molar-refractivity contribution in [3.05, 3.63) is 16.8 Å². The molecule has 0 bridgehead atoms. The highest BCUT2D eigenvalue weighted by Crippen LogP contribution is 2.53. The van der Waals surface area contributed by atoms with Crippen molar-refractivity contribution in [2.75, 3.05) is 26.5 Å². The first-order valence-corrected chi connectivity index (χ1v) is 14.1. The second-order valence-electron chi connectivity index (χ2n) is 9.10. The van der Waals surface area contributed by atoms with Crippen molar-refractivity contribution in [3.8, 4) is 0 Å². The summed E-state index contributed by atoms with van der Waals surface area (Å²) >= 11 is 12.2. The number of carbonyl (C=O) groups is 1. The highest BCUT2D eigenvalue weighted by Gasteiger charge is 2.57. The fourth-order valence-electron chi connectivity index (χ4n) is 4.00. The molecular formula is C20H27Cl2N4O7P. The zero-order valence-electron chi connectivity index (χ0n) is 19.7. The third-order valence-electron chi connectivity index (χ3n) is 5.96. The van der Waals surface area contributed by atoms with E-state index in [4.69, 9.17) is 46.9 Å². The summed E-state index contributed by atoms with van der Waals surface area (Å²) in [6.45, 7) is 9.72. The number of hydrogen-bond donors (Lipinski definition) is 0. The fraction of sp³-hybridized carbons (Fsp3) is 0.700. The van der Waals surface area contributed by atoms with E-state index in [9.17, 15) is 9.36 Å². The molecular weight excluding hydrogens is 510 g/mol. The van der Waals surface area contributed by atoms with Gasteiger partial charge in [0.2, 0.25) is 10.6 Å². The molecule has 4 heterocycles. The third kappa shape index (κ3) is 4.48. The minimum absolute atomic E-state index is 0.0375. The Hall–Kier alpha value is -1.33. The fourth-order valence-corrected chi connectivity index (χ4v) is 5.32. The smallest absolute Gasteiger partial charge is 0.345 e. The van der Waals surface area contributed by atoms with Gasteiger partial charge in [-0.15, -0.1) is 0 Å². The molecule has 0 aliphatic carbocycles. The molecule has 0 saturated carbocycles. The van der Waals surface area contributed by atoms with Crippen molar-refractivity contribution in [1.29, 1.82) is 0 Å². The largest absolute Gasteiger partial charge is 0.463 e. The lowest BCUT2D eigenvalue weighted by Crippen LogP contribution is -2.43. The topological polar surface area (TPSA) is 124 Å². The Labute approximate surface area is 206 Å². The Balaban J connectivity index is 1.64. The SMILES string of the molecule is CCOC(=O)C(C)(OC[C@H]1O[C@@H](n2cnc3c(Cl)nc(Cl)nc32)[C@@H]2OC(C)(C)O[C@@H]21)P(C)(C)=O. The predicted octanol–water partition coefficient (Wildman–Crippen LogP) is 3.47. The number of carbonyl (C=O) groups excluding carboxylic acids is 1. The van der Waals surface area contributed by atoms with Crippen molar-refractivity contribution >= 4 is 47.5 Å². The summed E-state index contributed by atoms with van der Waals surface area (Å²) in [5.74, 6) is -1.59. The first kappa shape index (κ1) is 25.8. The Bertz CT molecular complexity index is 1160. The molecule has 2 aliphatic heterocycles. The van der Waals surface area contributed by atoms with E-state index in [1.807, 2.05) is 0 Å². The van der Waals surface area contributed by atoms with Crippen LogP contribution in [0, 0.1) is 0 Å². The number of esters is 1. The summed E-state index contributed by atoms with van der Waals surface area (Å²) in [5, 5.41) is -1.58. The van der Waals surface area contributed by atoms with Crippen LogP contribution in [-0.2, 0) is 33.0 Å². The summed E-state index contributed by atoms with van der Waals surface area (Å²) in [4.78, 5) is 25.1. The van der Waals surface area contributed by atoms with Crippen LogP contribution in [0.2, 0.25) is 10.4 Å². The maximum absolute atomic E-state index is 13.0. The van der Waals surface area contributed by atoms with Gasteiger partial charge in [-0.2, -0.15) is 4.98 Å². The molecule has 0 spiro atoms. The highest BCUT2D eigenvalue weighted by molar-refractivity contribution is 7.64. The Morgan fingerprint density at radius 3 is 2.59 bits per heavy atom. The van der Waals surface area contributed by atoms with Gasteiger partial charge in [0.1, 0.15) is 31.0 Å². The zero-order valence-corrected chi connectivity index (χ0v) is 22.1. The van der Waals surface area contributed by atoms with Crippen LogP contribution in [0.1, 0.15) is 33.9 Å². The lowest BCUT2D eigenvalue weighted by Gasteiger charge is -2.33. The summed E-state index contributed by atoms with van der Waals surface area (Å²) in [5.41, 5.74) is 0.725. The molecule has 11 nitrogen and oxygen atoms in total. The molecule has 2 aliphatic rings. The average Bonchev–Trinajstić information content (AvgIpc) is 3.36. The van der Waals surface area contributed by atoms with Crippen LogP contribution in [0.15, 0.2) is 6.33 Å². The van der Waals surface area contributed by atoms with Crippen molar-refractivity contribution in [1.82, 2.24) is 19.5 Å². The van der Waals surface area contributed by atoms with E-state index in [0.29, 0.717) is 11.2 Å². The van der Waals surface area contributed by atoms with Gasteiger partial charge < -0.3 is 28.2 Å². The molecule has 2 aromatic heterocycles. The van der Waals surface area contributed by atoms with Gasteiger partial charge in [0.15, 0.2) is 22.8 Å². The predicted molar refractivity (Wildman–Crippen MR) is 124 cm³/mol. The van der Waals surface area contributed by atoms with Crippen LogP contribution < -0.4 is 0 Å². The number of imidazole rings is 1. The molecule has 4 rings (SSSR count). The van der Waals surface area contributed by atoms with Crippen LogP contribution in [0.5, 0.6) is 0 Å². The number of rotatable bonds is 7. The number of aromatic nitrogens is 4. The van der Waals surface area contributed by atoms with E-state index < -0.39 is 48.8 Å². The van der Waals surface area contributed by atoms with Gasteiger partial charge in [-0.25, -0.2) is 14.8 Å². The standard InChI is InChI=1S/C20H27Cl2N4O7P/c1-7-29-17(27)20(4,34(5,6)28)30-8-10-12-13(33-19(2,3)32-12)16(31-10)26-9-23-11-14(21)24-18(22)25-15(11)26/h9-10,12-13,16H,7-8H2,1-6H3/t10-,12-,13-,16-,20?/m1/s1. The number of halogens is 2. The lowest BCUT2D eigenvalue weighted by atomic mass is 10.1. The van der Waals surface area contributed by atoms with Crippen molar-refractivity contribution in [3.63, 3.8) is 0 Å². The quantitative estimate of drug-likeness (QED) is 0.225. The molecule has 2 saturated heterocycles. The summed E-state index contributed by atoms with van der Waals surface area (Å²) in [6.07, 6.45) is -0.975. The number of hydrogen-bond acceptors (Lipinski definition) is 10. The van der Waals surface area contributed by atoms with E-state index in [2.05, 4.69) is 15.0 Å². The minimum Gasteiger partial charge on any atom is -0.463 e. The van der Waals surface area contributed by atoms with Crippen LogP contribution in [-0.4, -0.2) is 81.5 Å². The Kier molecular flexibility index (Phi) is 6.78. The molecule has 1 unspecified atom stereocenters. The van der Waals surface area contributed by atoms with Crippen molar-refractivity contribution in [2.45, 2.75) is 63.4 Å². The van der Waals surface area contributed by atoms with E-state index in [-0.39, 0.29) is 23.7 Å². The van der Waals surface area contributed by atoms with Crippen LogP contribution in [0.4, 0.5) is 0 Å². The molecule has 188 valence electrons. The molecule has 14 heteroatoms. The number of nitrogens with zero attached hydrogens (tertiary/aromatic N) is 4. The van der Waals surface area contributed by atoms with Gasteiger partial charge in [-0.05, 0) is 52.6 Å². The van der Waals surface area contributed by atoms with E-state index in [1.165, 1.54) is 26.6 Å². The second-order valence-corrected chi connectivity index (χ2v) is 13.4. The first-order chi connectivity index (χ1) is 15.8. The molecule has 0 radical (unpaired) electrons. The van der Waals surface area contributed by atoms with Crippen LogP contribution >= 0.6 is 30.3 Å². The molecule has 2 fully saturated rings. The van der Waals surface area contributed by atoms with Crippen LogP contribution in [0.3, 0.4) is 0 Å². The van der Waals surface area contributed by atoms with Gasteiger partial charge in [-0.1, -0.05) is 11.6 Å². The summed E-state index contributed by atoms with van der Waals surface area (Å²) in [7, 11) is -3.08. The second kappa shape index (κ2) is 8.96. The molecule has 0 N–H and O–H groups in total. The molecule has 0 aromatic carbocycles. The summed E-state index contributed by atoms with van der Waals surface area (Å²) < 4.78 is 44.2. The number of fused-ring (bicyclic) bond motifs is 2. The maximum Gasteiger partial charge on any atom is 0.345 e. The Morgan fingerprint density at radius 1 is 1.26 bits per heavy atom. The van der Waals surface area contributed by atoms with Crippen molar-refractivity contribution in [2.24, 2.45) is 0 Å². The van der Waals surface area contributed by atoms with Gasteiger partial charge in [-0.3, -0.25) is 4.57 Å². The Morgan fingerprint density at radius 2 is 1.94 bits per heavy atom. The first-order valence-electron chi connectivity index (χ1n) is 10.7. The van der Waals surface area contributed by atoms with E-state index in [0.717, 1.165) is 0 Å². The monoisotopic (exact) mass is 536 g/mol. The summed E-state index contributed by atoms with van der Waals surface area (Å²) in [6, 6.07) is 0. The van der Waals surface area contributed by atoms with Crippen LogP contribution in [0.25, 0.3) is 11.2 Å². The van der Waals surface area contributed by atoms with Gasteiger partial charge in [0.05, 0.1) is 19.5 Å². The van der Waals surface area contributed by atoms with E-state index in [1.54, 1.807) is 25.3 Å². The highest BCUT2D eigenvalue weighted by atomic mass is 35.5. The lowest BCUT2D eigenvalue weighted by molar-refractivity contribution is -0.205. The molecule has 0 amide bonds. The average molecular weight is 537 g/mol.